The van der Waals surface area contributed by atoms with Gasteiger partial charge in [0.2, 0.25) is 0 Å². The van der Waals surface area contributed by atoms with Crippen LogP contribution in [-0.4, -0.2) is 27.8 Å². The fourth-order valence-corrected chi connectivity index (χ4v) is 6.40. The topological polar surface area (TPSA) is 96.0 Å². The lowest BCUT2D eigenvalue weighted by Crippen LogP contribution is -2.24. The molecule has 0 aromatic heterocycles. The SMILES string of the molecule is COC(=O)[C@@H](C)[C@H](c1ccc2c(c1F)OC(c1ccc(OS(=O)(=O)c3ccc(C)cc3)c(C=O)c1)CC2)C1CC1. The lowest BCUT2D eigenvalue weighted by Gasteiger charge is -2.30. The van der Waals surface area contributed by atoms with E-state index in [-0.39, 0.29) is 39.8 Å². The number of aldehydes is 1. The number of carbonyl (C=O) groups is 2. The third-order valence-electron chi connectivity index (χ3n) is 7.79. The van der Waals surface area contributed by atoms with Gasteiger partial charge in [0.05, 0.1) is 18.6 Å². The second-order valence-electron chi connectivity index (χ2n) is 10.5. The summed E-state index contributed by atoms with van der Waals surface area (Å²) in [7, 11) is -2.81. The van der Waals surface area contributed by atoms with Crippen molar-refractivity contribution in [3.8, 4) is 11.5 Å². The van der Waals surface area contributed by atoms with E-state index < -0.39 is 28.0 Å². The molecule has 3 atom stereocenters. The summed E-state index contributed by atoms with van der Waals surface area (Å²) in [5, 5.41) is 0. The van der Waals surface area contributed by atoms with Gasteiger partial charge in [-0.15, -0.1) is 0 Å². The average molecular weight is 567 g/mol. The fraction of sp³-hybridized carbons (Fsp3) is 0.355. The summed E-state index contributed by atoms with van der Waals surface area (Å²) < 4.78 is 57.9. The van der Waals surface area contributed by atoms with Crippen LogP contribution in [0.2, 0.25) is 0 Å². The highest BCUT2D eigenvalue weighted by atomic mass is 32.2. The van der Waals surface area contributed by atoms with Crippen LogP contribution in [0.5, 0.6) is 11.5 Å². The smallest absolute Gasteiger partial charge is 0.339 e. The minimum Gasteiger partial charge on any atom is -0.482 e. The fourth-order valence-electron chi connectivity index (χ4n) is 5.44. The van der Waals surface area contributed by atoms with Crippen molar-refractivity contribution < 1.29 is 36.1 Å². The second-order valence-corrected chi connectivity index (χ2v) is 12.1. The van der Waals surface area contributed by atoms with Gasteiger partial charge in [-0.2, -0.15) is 8.42 Å². The van der Waals surface area contributed by atoms with Gasteiger partial charge in [0, 0.05) is 5.92 Å². The molecule has 40 heavy (non-hydrogen) atoms. The molecule has 9 heteroatoms. The number of hydrogen-bond acceptors (Lipinski definition) is 7. The zero-order chi connectivity index (χ0) is 28.6. The monoisotopic (exact) mass is 566 g/mol. The molecule has 7 nitrogen and oxygen atoms in total. The van der Waals surface area contributed by atoms with E-state index in [1.807, 2.05) is 13.0 Å². The summed E-state index contributed by atoms with van der Waals surface area (Å²) in [4.78, 5) is 24.2. The average Bonchev–Trinajstić information content (AvgIpc) is 3.79. The number of ether oxygens (including phenoxy) is 2. The van der Waals surface area contributed by atoms with E-state index in [4.69, 9.17) is 13.7 Å². The molecule has 0 spiro atoms. The van der Waals surface area contributed by atoms with Crippen LogP contribution in [0, 0.1) is 24.6 Å². The Kier molecular flexibility index (Phi) is 7.68. The summed E-state index contributed by atoms with van der Waals surface area (Å²) in [5.41, 5.74) is 2.71. The van der Waals surface area contributed by atoms with Crippen LogP contribution in [0.4, 0.5) is 4.39 Å². The van der Waals surface area contributed by atoms with Crippen molar-refractivity contribution in [3.63, 3.8) is 0 Å². The first-order valence-corrected chi connectivity index (χ1v) is 14.7. The van der Waals surface area contributed by atoms with Crippen LogP contribution in [0.25, 0.3) is 0 Å². The largest absolute Gasteiger partial charge is 0.482 e. The third kappa shape index (κ3) is 5.47. The van der Waals surface area contributed by atoms with Gasteiger partial charge in [-0.25, -0.2) is 4.39 Å². The van der Waals surface area contributed by atoms with Crippen molar-refractivity contribution in [1.82, 2.24) is 0 Å². The third-order valence-corrected chi connectivity index (χ3v) is 9.04. The van der Waals surface area contributed by atoms with E-state index in [2.05, 4.69) is 0 Å². The van der Waals surface area contributed by atoms with E-state index in [9.17, 15) is 18.0 Å². The normalized spacial score (nSPS) is 18.1. The van der Waals surface area contributed by atoms with Gasteiger partial charge < -0.3 is 13.7 Å². The van der Waals surface area contributed by atoms with Gasteiger partial charge in [0.15, 0.2) is 23.6 Å². The van der Waals surface area contributed by atoms with Gasteiger partial charge in [0.25, 0.3) is 0 Å². The van der Waals surface area contributed by atoms with Crippen molar-refractivity contribution in [2.75, 3.05) is 7.11 Å². The van der Waals surface area contributed by atoms with E-state index in [1.54, 1.807) is 31.2 Å². The Morgan fingerprint density at radius 1 is 1.07 bits per heavy atom. The first kappa shape index (κ1) is 27.8. The number of methoxy groups -OCH3 is 1. The maximum atomic E-state index is 16.0. The van der Waals surface area contributed by atoms with Gasteiger partial charge in [-0.3, -0.25) is 9.59 Å². The highest BCUT2D eigenvalue weighted by Crippen LogP contribution is 2.50. The molecular weight excluding hydrogens is 535 g/mol. The zero-order valence-electron chi connectivity index (χ0n) is 22.6. The predicted octanol–water partition coefficient (Wildman–Crippen LogP) is 6.08. The summed E-state index contributed by atoms with van der Waals surface area (Å²) in [6, 6.07) is 14.4. The second kappa shape index (κ2) is 11.0. The Morgan fingerprint density at radius 2 is 1.80 bits per heavy atom. The first-order chi connectivity index (χ1) is 19.1. The number of hydrogen-bond donors (Lipinski definition) is 0. The number of carbonyl (C=O) groups excluding carboxylic acids is 2. The number of benzene rings is 3. The lowest BCUT2D eigenvalue weighted by molar-refractivity contribution is -0.145. The van der Waals surface area contributed by atoms with Crippen LogP contribution < -0.4 is 8.92 Å². The summed E-state index contributed by atoms with van der Waals surface area (Å²) in [5.74, 6) is -1.41. The highest BCUT2D eigenvalue weighted by Gasteiger charge is 2.41. The van der Waals surface area contributed by atoms with Gasteiger partial charge in [-0.1, -0.05) is 42.8 Å². The van der Waals surface area contributed by atoms with Gasteiger partial charge in [0.1, 0.15) is 11.0 Å². The van der Waals surface area contributed by atoms with Crippen LogP contribution in [0.3, 0.4) is 0 Å². The molecular formula is C31H31FO7S. The summed E-state index contributed by atoms with van der Waals surface area (Å²) >= 11 is 0. The number of halogens is 1. The molecule has 5 rings (SSSR count). The van der Waals surface area contributed by atoms with Crippen LogP contribution in [0.1, 0.15) is 70.8 Å². The van der Waals surface area contributed by atoms with Crippen LogP contribution >= 0.6 is 0 Å². The molecule has 0 bridgehead atoms. The maximum absolute atomic E-state index is 16.0. The molecule has 3 aromatic carbocycles. The molecule has 0 saturated heterocycles. The van der Waals surface area contributed by atoms with Crippen molar-refractivity contribution >= 4 is 22.4 Å². The van der Waals surface area contributed by atoms with Crippen molar-refractivity contribution in [3.05, 3.63) is 88.2 Å². The summed E-state index contributed by atoms with van der Waals surface area (Å²) in [6.45, 7) is 3.61. The molecule has 210 valence electrons. The van der Waals surface area contributed by atoms with E-state index in [0.29, 0.717) is 30.3 Å². The molecule has 0 amide bonds. The molecule has 1 saturated carbocycles. The number of rotatable bonds is 9. The minimum atomic E-state index is -4.15. The van der Waals surface area contributed by atoms with Crippen LogP contribution in [-0.2, 0) is 26.1 Å². The number of aryl methyl sites for hydroxylation is 2. The molecule has 1 aliphatic heterocycles. The molecule has 2 aliphatic rings. The molecule has 1 heterocycles. The van der Waals surface area contributed by atoms with E-state index in [0.717, 1.165) is 24.0 Å². The first-order valence-electron chi connectivity index (χ1n) is 13.3. The quantitative estimate of drug-likeness (QED) is 0.176. The zero-order valence-corrected chi connectivity index (χ0v) is 23.4. The van der Waals surface area contributed by atoms with Crippen molar-refractivity contribution in [1.29, 1.82) is 0 Å². The Labute approximate surface area is 233 Å². The number of fused-ring (bicyclic) bond motifs is 1. The predicted molar refractivity (Wildman–Crippen MR) is 146 cm³/mol. The Hall–Kier alpha value is -3.72. The van der Waals surface area contributed by atoms with E-state index >= 15 is 4.39 Å². The van der Waals surface area contributed by atoms with Crippen molar-refractivity contribution in [2.24, 2.45) is 11.8 Å². The molecule has 0 N–H and O–H groups in total. The molecule has 1 aliphatic carbocycles. The molecule has 0 radical (unpaired) electrons. The molecule has 3 aromatic rings. The van der Waals surface area contributed by atoms with Crippen molar-refractivity contribution in [2.45, 2.75) is 56.4 Å². The Balaban J connectivity index is 1.41. The lowest BCUT2D eigenvalue weighted by atomic mass is 9.82. The van der Waals surface area contributed by atoms with Gasteiger partial charge in [-0.05, 0) is 79.5 Å². The molecule has 1 fully saturated rings. The van der Waals surface area contributed by atoms with E-state index in [1.165, 1.54) is 31.4 Å². The Bertz CT molecular complexity index is 1540. The Morgan fingerprint density at radius 3 is 2.45 bits per heavy atom. The maximum Gasteiger partial charge on any atom is 0.339 e. The summed E-state index contributed by atoms with van der Waals surface area (Å²) in [6.07, 6.45) is 2.90. The number of esters is 1. The standard InChI is InChI=1S/C31H31FO7S/c1-18-4-11-24(12-5-18)40(35,36)39-27-15-10-22(16-23(27)17-33)26-14-9-21-8-13-25(29(32)30(21)38-26)28(20-6-7-20)19(2)31(34)37-3/h4-5,8,10-13,15-17,19-20,26,28H,6-7,9,14H2,1-3H3/t19-,26?,28-/m0/s1. The van der Waals surface area contributed by atoms with Gasteiger partial charge >= 0.3 is 16.1 Å². The molecule has 1 unspecified atom stereocenters. The highest BCUT2D eigenvalue weighted by molar-refractivity contribution is 7.87. The van der Waals surface area contributed by atoms with Crippen LogP contribution in [0.15, 0.2) is 59.5 Å². The minimum absolute atomic E-state index is 0.0245.